The molecule has 2 heteroatoms. The average molecular weight is 218 g/mol. The molecule has 0 amide bonds. The topological polar surface area (TPSA) is 15.3 Å². The molecule has 2 rings (SSSR count). The monoisotopic (exact) mass is 218 g/mol. The maximum atomic E-state index is 3.47. The summed E-state index contributed by atoms with van der Waals surface area (Å²) < 4.78 is 0. The third-order valence-corrected chi connectivity index (χ3v) is 3.82. The Morgan fingerprint density at radius 1 is 1.19 bits per heavy atom. The molecule has 0 heterocycles. The third kappa shape index (κ3) is 1.87. The molecule has 0 radical (unpaired) electrons. The van der Waals surface area contributed by atoms with Crippen molar-refractivity contribution in [1.29, 1.82) is 0 Å². The lowest BCUT2D eigenvalue weighted by Gasteiger charge is -2.40. The highest BCUT2D eigenvalue weighted by Crippen LogP contribution is 2.38. The van der Waals surface area contributed by atoms with Crippen LogP contribution in [0.5, 0.6) is 0 Å². The normalized spacial score (nSPS) is 29.2. The largest absolute Gasteiger partial charge is 0.312 e. The number of hydrogen-bond acceptors (Lipinski definition) is 2. The SMILES string of the molecule is CNC1c2ccccc2C(C)CC1N(C)C. The summed E-state index contributed by atoms with van der Waals surface area (Å²) in [5.41, 5.74) is 2.99. The number of likely N-dealkylation sites (N-methyl/N-ethyl adjacent to an activating group) is 2. The summed E-state index contributed by atoms with van der Waals surface area (Å²) in [6.07, 6.45) is 1.23. The van der Waals surface area contributed by atoms with Crippen LogP contribution in [0.1, 0.15) is 36.4 Å². The van der Waals surface area contributed by atoms with Crippen molar-refractivity contribution in [3.05, 3.63) is 35.4 Å². The van der Waals surface area contributed by atoms with Crippen molar-refractivity contribution in [2.75, 3.05) is 21.1 Å². The lowest BCUT2D eigenvalue weighted by molar-refractivity contribution is 0.201. The maximum Gasteiger partial charge on any atom is 0.0478 e. The number of rotatable bonds is 2. The molecule has 88 valence electrons. The van der Waals surface area contributed by atoms with Crippen molar-refractivity contribution in [3.63, 3.8) is 0 Å². The molecule has 0 saturated heterocycles. The average Bonchev–Trinajstić information content (AvgIpc) is 2.29. The van der Waals surface area contributed by atoms with Crippen LogP contribution in [0.2, 0.25) is 0 Å². The summed E-state index contributed by atoms with van der Waals surface area (Å²) in [6.45, 7) is 2.33. The molecule has 0 spiro atoms. The molecule has 3 unspecified atom stereocenters. The Labute approximate surface area is 98.7 Å². The predicted molar refractivity (Wildman–Crippen MR) is 68.7 cm³/mol. The van der Waals surface area contributed by atoms with Crippen LogP contribution in [0.4, 0.5) is 0 Å². The van der Waals surface area contributed by atoms with E-state index < -0.39 is 0 Å². The van der Waals surface area contributed by atoms with Crippen LogP contribution in [-0.4, -0.2) is 32.1 Å². The summed E-state index contributed by atoms with van der Waals surface area (Å²) in [4.78, 5) is 2.34. The highest BCUT2D eigenvalue weighted by molar-refractivity contribution is 5.36. The summed E-state index contributed by atoms with van der Waals surface area (Å²) in [6, 6.07) is 9.89. The van der Waals surface area contributed by atoms with Gasteiger partial charge < -0.3 is 10.2 Å². The lowest BCUT2D eigenvalue weighted by atomic mass is 9.77. The highest BCUT2D eigenvalue weighted by Gasteiger charge is 2.32. The van der Waals surface area contributed by atoms with Gasteiger partial charge in [-0.3, -0.25) is 0 Å². The molecule has 0 saturated carbocycles. The fourth-order valence-corrected chi connectivity index (χ4v) is 2.93. The maximum absolute atomic E-state index is 3.47. The van der Waals surface area contributed by atoms with E-state index in [0.717, 1.165) is 0 Å². The van der Waals surface area contributed by atoms with E-state index in [9.17, 15) is 0 Å². The van der Waals surface area contributed by atoms with Gasteiger partial charge in [0.1, 0.15) is 0 Å². The molecule has 2 nitrogen and oxygen atoms in total. The second-order valence-corrected chi connectivity index (χ2v) is 5.06. The minimum Gasteiger partial charge on any atom is -0.312 e. The zero-order chi connectivity index (χ0) is 11.7. The van der Waals surface area contributed by atoms with Crippen LogP contribution in [-0.2, 0) is 0 Å². The standard InChI is InChI=1S/C14H22N2/c1-10-9-13(16(3)4)14(15-2)12-8-6-5-7-11(10)12/h5-8,10,13-15H,9H2,1-4H3. The molecule has 3 atom stereocenters. The Balaban J connectivity index is 2.42. The second kappa shape index (κ2) is 4.56. The second-order valence-electron chi connectivity index (χ2n) is 5.06. The summed E-state index contributed by atoms with van der Waals surface area (Å²) in [7, 11) is 6.42. The third-order valence-electron chi connectivity index (χ3n) is 3.82. The molecule has 0 bridgehead atoms. The van der Waals surface area contributed by atoms with Crippen molar-refractivity contribution in [2.24, 2.45) is 0 Å². The smallest absolute Gasteiger partial charge is 0.0478 e. The first-order valence-corrected chi connectivity index (χ1v) is 6.07. The van der Waals surface area contributed by atoms with E-state index in [1.54, 1.807) is 0 Å². The molecule has 1 N–H and O–H groups in total. The molecule has 0 fully saturated rings. The number of fused-ring (bicyclic) bond motifs is 1. The minimum absolute atomic E-state index is 0.461. The Hall–Kier alpha value is -0.860. The van der Waals surface area contributed by atoms with Gasteiger partial charge in [0, 0.05) is 12.1 Å². The van der Waals surface area contributed by atoms with Crippen LogP contribution in [0.3, 0.4) is 0 Å². The minimum atomic E-state index is 0.461. The summed E-state index contributed by atoms with van der Waals surface area (Å²) in [5, 5.41) is 3.47. The predicted octanol–water partition coefficient (Wildman–Crippen LogP) is 2.38. The van der Waals surface area contributed by atoms with Gasteiger partial charge in [-0.15, -0.1) is 0 Å². The summed E-state index contributed by atoms with van der Waals surface area (Å²) in [5.74, 6) is 0.660. The van der Waals surface area contributed by atoms with Gasteiger partial charge in [-0.25, -0.2) is 0 Å². The highest BCUT2D eigenvalue weighted by atomic mass is 15.1. The zero-order valence-electron chi connectivity index (χ0n) is 10.7. The Kier molecular flexibility index (Phi) is 3.31. The van der Waals surface area contributed by atoms with E-state index in [4.69, 9.17) is 0 Å². The fourth-order valence-electron chi connectivity index (χ4n) is 2.93. The fraction of sp³-hybridized carbons (Fsp3) is 0.571. The quantitative estimate of drug-likeness (QED) is 0.820. The molecule has 1 aromatic carbocycles. The number of nitrogens with zero attached hydrogens (tertiary/aromatic N) is 1. The van der Waals surface area contributed by atoms with Gasteiger partial charge in [0.05, 0.1) is 0 Å². The first-order valence-electron chi connectivity index (χ1n) is 6.07. The van der Waals surface area contributed by atoms with E-state index >= 15 is 0 Å². The molecular formula is C14H22N2. The molecular weight excluding hydrogens is 196 g/mol. The van der Waals surface area contributed by atoms with Gasteiger partial charge in [-0.2, -0.15) is 0 Å². The summed E-state index contributed by atoms with van der Waals surface area (Å²) >= 11 is 0. The van der Waals surface area contributed by atoms with E-state index in [1.165, 1.54) is 17.5 Å². The van der Waals surface area contributed by atoms with Crippen molar-refractivity contribution >= 4 is 0 Å². The van der Waals surface area contributed by atoms with Gasteiger partial charge in [-0.05, 0) is 44.6 Å². The van der Waals surface area contributed by atoms with Crippen LogP contribution in [0, 0.1) is 0 Å². The van der Waals surface area contributed by atoms with Gasteiger partial charge in [0.2, 0.25) is 0 Å². The van der Waals surface area contributed by atoms with E-state index in [-0.39, 0.29) is 0 Å². The number of benzene rings is 1. The molecule has 0 aliphatic heterocycles. The number of hydrogen-bond donors (Lipinski definition) is 1. The van der Waals surface area contributed by atoms with Crippen LogP contribution in [0.15, 0.2) is 24.3 Å². The first kappa shape index (κ1) is 11.6. The van der Waals surface area contributed by atoms with Crippen molar-refractivity contribution < 1.29 is 0 Å². The first-order chi connectivity index (χ1) is 7.65. The molecule has 0 aromatic heterocycles. The molecule has 16 heavy (non-hydrogen) atoms. The Morgan fingerprint density at radius 3 is 2.38 bits per heavy atom. The zero-order valence-corrected chi connectivity index (χ0v) is 10.7. The van der Waals surface area contributed by atoms with E-state index in [2.05, 4.69) is 62.5 Å². The van der Waals surface area contributed by atoms with Crippen molar-refractivity contribution in [1.82, 2.24) is 10.2 Å². The van der Waals surface area contributed by atoms with Crippen LogP contribution >= 0.6 is 0 Å². The van der Waals surface area contributed by atoms with E-state index in [0.29, 0.717) is 18.0 Å². The molecule has 1 aromatic rings. The van der Waals surface area contributed by atoms with Gasteiger partial charge in [0.25, 0.3) is 0 Å². The van der Waals surface area contributed by atoms with Gasteiger partial charge >= 0.3 is 0 Å². The van der Waals surface area contributed by atoms with Gasteiger partial charge in [-0.1, -0.05) is 31.2 Å². The molecule has 1 aliphatic rings. The number of nitrogens with one attached hydrogen (secondary N) is 1. The Bertz CT molecular complexity index is 360. The molecule has 1 aliphatic carbocycles. The van der Waals surface area contributed by atoms with Crippen molar-refractivity contribution in [2.45, 2.75) is 31.3 Å². The van der Waals surface area contributed by atoms with E-state index in [1.807, 2.05) is 0 Å². The van der Waals surface area contributed by atoms with Gasteiger partial charge in [0.15, 0.2) is 0 Å². The Morgan fingerprint density at radius 2 is 1.81 bits per heavy atom. The van der Waals surface area contributed by atoms with Crippen LogP contribution in [0.25, 0.3) is 0 Å². The van der Waals surface area contributed by atoms with Crippen molar-refractivity contribution in [3.8, 4) is 0 Å². The van der Waals surface area contributed by atoms with Crippen LogP contribution < -0.4 is 5.32 Å². The lowest BCUT2D eigenvalue weighted by Crippen LogP contribution is -2.43.